The molecule has 0 heterocycles. The molecule has 6 nitrogen and oxygen atoms in total. The summed E-state index contributed by atoms with van der Waals surface area (Å²) < 4.78 is 0. The molecule has 29 heavy (non-hydrogen) atoms. The smallest absolute Gasteiger partial charge is 0.253 e. The van der Waals surface area contributed by atoms with E-state index in [1.54, 1.807) is 6.07 Å². The lowest BCUT2D eigenvalue weighted by molar-refractivity contribution is -0.128. The predicted octanol–water partition coefficient (Wildman–Crippen LogP) is 2.73. The minimum Gasteiger partial charge on any atom is -0.352 e. The largest absolute Gasteiger partial charge is 0.352 e. The van der Waals surface area contributed by atoms with Crippen LogP contribution in [0.2, 0.25) is 10.0 Å². The number of hydrogen-bond acceptors (Lipinski definition) is 3. The van der Waals surface area contributed by atoms with Crippen LogP contribution in [0.5, 0.6) is 0 Å². The fourth-order valence-corrected chi connectivity index (χ4v) is 3.26. The van der Waals surface area contributed by atoms with Crippen molar-refractivity contribution in [3.63, 3.8) is 0 Å². The van der Waals surface area contributed by atoms with Gasteiger partial charge < -0.3 is 16.0 Å². The summed E-state index contributed by atoms with van der Waals surface area (Å²) >= 11 is 11.8. The molecular formula is C21H21Cl2N3O3. The molecule has 3 rings (SSSR count). The van der Waals surface area contributed by atoms with Gasteiger partial charge in [0.15, 0.2) is 0 Å². The van der Waals surface area contributed by atoms with Gasteiger partial charge in [0.2, 0.25) is 11.8 Å². The molecule has 1 aliphatic carbocycles. The first-order valence-electron chi connectivity index (χ1n) is 9.29. The van der Waals surface area contributed by atoms with E-state index in [2.05, 4.69) is 16.0 Å². The SMILES string of the molecule is O=C(CNC(=O)c1ccc(Cl)cc1Cl)NC(Cc1ccccc1)C(=O)NC1CC1. The molecule has 2 aromatic carbocycles. The van der Waals surface area contributed by atoms with Gasteiger partial charge in [-0.1, -0.05) is 53.5 Å². The second-order valence-electron chi connectivity index (χ2n) is 6.90. The molecule has 1 atom stereocenters. The number of rotatable bonds is 8. The average molecular weight is 434 g/mol. The van der Waals surface area contributed by atoms with Crippen LogP contribution in [-0.4, -0.2) is 36.3 Å². The standard InChI is InChI=1S/C21H21Cl2N3O3/c22-14-6-9-16(17(23)11-14)20(28)24-12-19(27)26-18(21(29)25-15-7-8-15)10-13-4-2-1-3-5-13/h1-6,9,11,15,18H,7-8,10,12H2,(H,24,28)(H,25,29)(H,26,27). The minimum absolute atomic E-state index is 0.185. The Hall–Kier alpha value is -2.57. The maximum Gasteiger partial charge on any atom is 0.253 e. The second-order valence-corrected chi connectivity index (χ2v) is 7.74. The third kappa shape index (κ3) is 6.48. The maximum absolute atomic E-state index is 12.5. The van der Waals surface area contributed by atoms with E-state index in [4.69, 9.17) is 23.2 Å². The quantitative estimate of drug-likeness (QED) is 0.597. The van der Waals surface area contributed by atoms with E-state index in [-0.39, 0.29) is 29.1 Å². The molecule has 1 fully saturated rings. The van der Waals surface area contributed by atoms with Crippen LogP contribution in [0, 0.1) is 0 Å². The first-order valence-corrected chi connectivity index (χ1v) is 10.0. The van der Waals surface area contributed by atoms with E-state index >= 15 is 0 Å². The zero-order valence-electron chi connectivity index (χ0n) is 15.6. The van der Waals surface area contributed by atoms with E-state index in [9.17, 15) is 14.4 Å². The molecule has 0 aliphatic heterocycles. The van der Waals surface area contributed by atoms with Crippen molar-refractivity contribution < 1.29 is 14.4 Å². The highest BCUT2D eigenvalue weighted by Gasteiger charge is 2.28. The Morgan fingerprint density at radius 1 is 1.03 bits per heavy atom. The van der Waals surface area contributed by atoms with Crippen molar-refractivity contribution in [2.24, 2.45) is 0 Å². The molecular weight excluding hydrogens is 413 g/mol. The van der Waals surface area contributed by atoms with Crippen molar-refractivity contribution in [2.75, 3.05) is 6.54 Å². The zero-order chi connectivity index (χ0) is 20.8. The fraction of sp³-hybridized carbons (Fsp3) is 0.286. The van der Waals surface area contributed by atoms with E-state index in [1.807, 2.05) is 30.3 Å². The summed E-state index contributed by atoms with van der Waals surface area (Å²) in [6.45, 7) is -0.278. The van der Waals surface area contributed by atoms with Gasteiger partial charge in [-0.3, -0.25) is 14.4 Å². The van der Waals surface area contributed by atoms with Gasteiger partial charge in [-0.15, -0.1) is 0 Å². The monoisotopic (exact) mass is 433 g/mol. The van der Waals surface area contributed by atoms with Crippen molar-refractivity contribution in [3.8, 4) is 0 Å². The van der Waals surface area contributed by atoms with Crippen LogP contribution in [0.15, 0.2) is 48.5 Å². The number of carbonyl (C=O) groups excluding carboxylic acids is 3. The summed E-state index contributed by atoms with van der Waals surface area (Å²) in [5.41, 5.74) is 1.15. The van der Waals surface area contributed by atoms with Crippen LogP contribution < -0.4 is 16.0 Å². The van der Waals surface area contributed by atoms with Crippen LogP contribution in [0.4, 0.5) is 0 Å². The highest BCUT2D eigenvalue weighted by molar-refractivity contribution is 6.36. The molecule has 8 heteroatoms. The van der Waals surface area contributed by atoms with Crippen molar-refractivity contribution in [2.45, 2.75) is 31.3 Å². The Morgan fingerprint density at radius 2 is 1.76 bits per heavy atom. The zero-order valence-corrected chi connectivity index (χ0v) is 17.1. The Labute approximate surface area is 179 Å². The molecule has 2 aromatic rings. The molecule has 0 saturated heterocycles. The van der Waals surface area contributed by atoms with Gasteiger partial charge in [0, 0.05) is 17.5 Å². The highest BCUT2D eigenvalue weighted by atomic mass is 35.5. The van der Waals surface area contributed by atoms with Gasteiger partial charge in [-0.2, -0.15) is 0 Å². The lowest BCUT2D eigenvalue weighted by Crippen LogP contribution is -2.51. The third-order valence-corrected chi connectivity index (χ3v) is 4.99. The molecule has 1 aliphatic rings. The Balaban J connectivity index is 1.58. The van der Waals surface area contributed by atoms with Crippen LogP contribution in [0.25, 0.3) is 0 Å². The summed E-state index contributed by atoms with van der Waals surface area (Å²) in [6, 6.07) is 13.4. The second kappa shape index (κ2) is 9.76. The number of carbonyl (C=O) groups is 3. The third-order valence-electron chi connectivity index (χ3n) is 4.44. The van der Waals surface area contributed by atoms with E-state index < -0.39 is 17.9 Å². The molecule has 152 valence electrons. The predicted molar refractivity (Wildman–Crippen MR) is 112 cm³/mol. The molecule has 1 saturated carbocycles. The fourth-order valence-electron chi connectivity index (χ4n) is 2.76. The van der Waals surface area contributed by atoms with Crippen molar-refractivity contribution in [1.29, 1.82) is 0 Å². The topological polar surface area (TPSA) is 87.3 Å². The first kappa shape index (κ1) is 21.1. The summed E-state index contributed by atoms with van der Waals surface area (Å²) in [7, 11) is 0. The van der Waals surface area contributed by atoms with E-state index in [0.717, 1.165) is 18.4 Å². The van der Waals surface area contributed by atoms with Crippen molar-refractivity contribution >= 4 is 40.9 Å². The molecule has 1 unspecified atom stereocenters. The normalized spacial score (nSPS) is 14.0. The lowest BCUT2D eigenvalue weighted by atomic mass is 10.1. The Kier molecular flexibility index (Phi) is 7.12. The van der Waals surface area contributed by atoms with Crippen molar-refractivity contribution in [3.05, 3.63) is 69.7 Å². The number of benzene rings is 2. The Morgan fingerprint density at radius 3 is 2.41 bits per heavy atom. The number of nitrogens with one attached hydrogen (secondary N) is 3. The summed E-state index contributed by atoms with van der Waals surface area (Å²) in [5.74, 6) is -1.18. The van der Waals surface area contributed by atoms with Gasteiger partial charge in [0.05, 0.1) is 17.1 Å². The van der Waals surface area contributed by atoms with Crippen LogP contribution in [0.1, 0.15) is 28.8 Å². The number of hydrogen-bond donors (Lipinski definition) is 3. The molecule has 0 radical (unpaired) electrons. The van der Waals surface area contributed by atoms with Crippen LogP contribution >= 0.6 is 23.2 Å². The molecule has 0 bridgehead atoms. The first-order chi connectivity index (χ1) is 13.9. The number of halogens is 2. The molecule has 3 N–H and O–H groups in total. The van der Waals surface area contributed by atoms with Gasteiger partial charge in [-0.05, 0) is 36.6 Å². The van der Waals surface area contributed by atoms with Crippen molar-refractivity contribution in [1.82, 2.24) is 16.0 Å². The van der Waals surface area contributed by atoms with Gasteiger partial charge in [0.1, 0.15) is 6.04 Å². The van der Waals surface area contributed by atoms with Gasteiger partial charge >= 0.3 is 0 Å². The number of amides is 3. The summed E-state index contributed by atoms with van der Waals surface area (Å²) in [6.07, 6.45) is 2.27. The van der Waals surface area contributed by atoms with Gasteiger partial charge in [0.25, 0.3) is 5.91 Å². The maximum atomic E-state index is 12.5. The minimum atomic E-state index is -0.721. The van der Waals surface area contributed by atoms with Crippen LogP contribution in [0.3, 0.4) is 0 Å². The van der Waals surface area contributed by atoms with Gasteiger partial charge in [-0.25, -0.2) is 0 Å². The molecule has 0 spiro atoms. The Bertz CT molecular complexity index is 901. The lowest BCUT2D eigenvalue weighted by Gasteiger charge is -2.19. The summed E-state index contributed by atoms with van der Waals surface area (Å²) in [5, 5.41) is 8.74. The average Bonchev–Trinajstić information content (AvgIpc) is 3.50. The van der Waals surface area contributed by atoms with E-state index in [1.165, 1.54) is 12.1 Å². The van der Waals surface area contributed by atoms with E-state index in [0.29, 0.717) is 11.4 Å². The molecule has 0 aromatic heterocycles. The summed E-state index contributed by atoms with van der Waals surface area (Å²) in [4.78, 5) is 37.1. The molecule has 3 amide bonds. The van der Waals surface area contributed by atoms with Crippen LogP contribution in [-0.2, 0) is 16.0 Å². The highest BCUT2D eigenvalue weighted by Crippen LogP contribution is 2.21.